The molecule has 2 heterocycles. The van der Waals surface area contributed by atoms with E-state index in [-0.39, 0.29) is 11.9 Å². The molecule has 0 fully saturated rings. The molecule has 0 saturated carbocycles. The van der Waals surface area contributed by atoms with Crippen LogP contribution < -0.4 is 5.32 Å². The minimum Gasteiger partial charge on any atom is -0.348 e. The van der Waals surface area contributed by atoms with Crippen molar-refractivity contribution < 1.29 is 4.79 Å². The van der Waals surface area contributed by atoms with Gasteiger partial charge in [0.15, 0.2) is 0 Å². The lowest BCUT2D eigenvalue weighted by Gasteiger charge is -2.24. The Morgan fingerprint density at radius 3 is 3.12 bits per heavy atom. The molecule has 1 atom stereocenters. The number of nitrogens with zero attached hydrogens (tertiary/aromatic N) is 3. The van der Waals surface area contributed by atoms with Gasteiger partial charge in [0.05, 0.1) is 12.2 Å². The summed E-state index contributed by atoms with van der Waals surface area (Å²) in [5.41, 5.74) is 4.76. The molecule has 0 bridgehead atoms. The van der Waals surface area contributed by atoms with Crippen molar-refractivity contribution in [2.24, 2.45) is 7.05 Å². The van der Waals surface area contributed by atoms with Crippen molar-refractivity contribution in [1.82, 2.24) is 19.7 Å². The molecule has 2 aromatic heterocycles. The van der Waals surface area contributed by atoms with E-state index >= 15 is 0 Å². The average molecular weight is 322 g/mol. The number of carbonyl (C=O) groups is 1. The summed E-state index contributed by atoms with van der Waals surface area (Å²) in [5, 5.41) is 8.74. The van der Waals surface area contributed by atoms with Gasteiger partial charge in [-0.15, -0.1) is 0 Å². The van der Waals surface area contributed by atoms with Crippen LogP contribution in [0.1, 0.15) is 35.7 Å². The largest absolute Gasteiger partial charge is 0.348 e. The minimum atomic E-state index is 0.0516. The van der Waals surface area contributed by atoms with Gasteiger partial charge in [0.25, 0.3) is 0 Å². The molecule has 4 rings (SSSR count). The fourth-order valence-corrected chi connectivity index (χ4v) is 3.77. The lowest BCUT2D eigenvalue weighted by molar-refractivity contribution is -0.122. The summed E-state index contributed by atoms with van der Waals surface area (Å²) in [6.45, 7) is 2.44. The Hall–Kier alpha value is -2.56. The zero-order chi connectivity index (χ0) is 16.7. The van der Waals surface area contributed by atoms with Crippen molar-refractivity contribution >= 4 is 16.8 Å². The van der Waals surface area contributed by atoms with Crippen LogP contribution in [0.4, 0.5) is 0 Å². The summed E-state index contributed by atoms with van der Waals surface area (Å²) in [4.78, 5) is 12.6. The molecule has 1 aliphatic rings. The highest BCUT2D eigenvalue weighted by Crippen LogP contribution is 2.29. The molecule has 1 aromatic carbocycles. The number of hydrogen-bond donors (Lipinski definition) is 1. The molecule has 24 heavy (non-hydrogen) atoms. The number of fused-ring (bicyclic) bond motifs is 2. The van der Waals surface area contributed by atoms with Gasteiger partial charge < -0.3 is 9.88 Å². The van der Waals surface area contributed by atoms with E-state index in [1.54, 1.807) is 0 Å². The first-order valence-corrected chi connectivity index (χ1v) is 8.48. The summed E-state index contributed by atoms with van der Waals surface area (Å²) in [7, 11) is 1.97. The standard InChI is InChI=1S/C19H22N4O/c1-13-5-3-8-18-14(13)9-10-23(18)12-19(24)21-16-6-4-7-17-15(16)11-20-22(17)2/h3,5,8-11,16H,4,6-7,12H2,1-2H3,(H,21,24)/t16-/m1/s1. The Labute approximate surface area is 141 Å². The van der Waals surface area contributed by atoms with Gasteiger partial charge in [-0.25, -0.2) is 0 Å². The molecule has 124 valence electrons. The van der Waals surface area contributed by atoms with Crippen LogP contribution in [0.25, 0.3) is 10.9 Å². The molecule has 1 N–H and O–H groups in total. The van der Waals surface area contributed by atoms with E-state index < -0.39 is 0 Å². The third-order valence-electron chi connectivity index (χ3n) is 5.06. The highest BCUT2D eigenvalue weighted by Gasteiger charge is 2.24. The maximum atomic E-state index is 12.6. The fraction of sp³-hybridized carbons (Fsp3) is 0.368. The van der Waals surface area contributed by atoms with Crippen LogP contribution in [-0.4, -0.2) is 20.3 Å². The van der Waals surface area contributed by atoms with Crippen LogP contribution in [0.15, 0.2) is 36.7 Å². The van der Waals surface area contributed by atoms with Gasteiger partial charge in [0.1, 0.15) is 6.54 Å². The zero-order valence-corrected chi connectivity index (χ0v) is 14.1. The van der Waals surface area contributed by atoms with Gasteiger partial charge in [-0.3, -0.25) is 9.48 Å². The fourth-order valence-electron chi connectivity index (χ4n) is 3.77. The SMILES string of the molecule is Cc1cccc2c1ccn2CC(=O)N[C@@H]1CCCc2c1cnn2C. The predicted molar refractivity (Wildman–Crippen MR) is 93.7 cm³/mol. The van der Waals surface area contributed by atoms with Crippen molar-refractivity contribution in [2.75, 3.05) is 0 Å². The lowest BCUT2D eigenvalue weighted by Crippen LogP contribution is -2.33. The van der Waals surface area contributed by atoms with E-state index in [4.69, 9.17) is 0 Å². The second kappa shape index (κ2) is 5.82. The highest BCUT2D eigenvalue weighted by molar-refractivity contribution is 5.85. The van der Waals surface area contributed by atoms with Gasteiger partial charge >= 0.3 is 0 Å². The van der Waals surface area contributed by atoms with Crippen LogP contribution in [-0.2, 0) is 24.8 Å². The first-order valence-electron chi connectivity index (χ1n) is 8.48. The van der Waals surface area contributed by atoms with Gasteiger partial charge in [-0.2, -0.15) is 5.10 Å². The Morgan fingerprint density at radius 1 is 1.38 bits per heavy atom. The number of nitrogens with one attached hydrogen (secondary N) is 1. The first kappa shape index (κ1) is 15.0. The highest BCUT2D eigenvalue weighted by atomic mass is 16.2. The summed E-state index contributed by atoms with van der Waals surface area (Å²) < 4.78 is 3.94. The van der Waals surface area contributed by atoms with Gasteiger partial charge in [-0.1, -0.05) is 12.1 Å². The second-order valence-corrected chi connectivity index (χ2v) is 6.63. The van der Waals surface area contributed by atoms with E-state index in [1.165, 1.54) is 22.2 Å². The van der Waals surface area contributed by atoms with E-state index in [0.717, 1.165) is 24.8 Å². The summed E-state index contributed by atoms with van der Waals surface area (Å²) in [6, 6.07) is 8.36. The number of hydrogen-bond acceptors (Lipinski definition) is 2. The number of benzene rings is 1. The van der Waals surface area contributed by atoms with Crippen molar-refractivity contribution in [2.45, 2.75) is 38.8 Å². The average Bonchev–Trinajstić information content (AvgIpc) is 3.14. The normalized spacial score (nSPS) is 17.0. The smallest absolute Gasteiger partial charge is 0.240 e. The molecule has 0 radical (unpaired) electrons. The molecular weight excluding hydrogens is 300 g/mol. The molecule has 0 spiro atoms. The van der Waals surface area contributed by atoms with E-state index in [2.05, 4.69) is 35.5 Å². The zero-order valence-electron chi connectivity index (χ0n) is 14.1. The van der Waals surface area contributed by atoms with Crippen LogP contribution in [0.5, 0.6) is 0 Å². The Bertz CT molecular complexity index is 905. The van der Waals surface area contributed by atoms with Crippen LogP contribution in [0, 0.1) is 6.92 Å². The number of rotatable bonds is 3. The molecule has 0 unspecified atom stereocenters. The van der Waals surface area contributed by atoms with Gasteiger partial charge in [-0.05, 0) is 43.9 Å². The molecule has 0 saturated heterocycles. The summed E-state index contributed by atoms with van der Waals surface area (Å²) in [5.74, 6) is 0.0516. The summed E-state index contributed by atoms with van der Waals surface area (Å²) in [6.07, 6.45) is 7.00. The van der Waals surface area contributed by atoms with E-state index in [0.29, 0.717) is 6.54 Å². The quantitative estimate of drug-likeness (QED) is 0.806. The van der Waals surface area contributed by atoms with Crippen LogP contribution in [0.3, 0.4) is 0 Å². The predicted octanol–water partition coefficient (Wildman–Crippen LogP) is 2.88. The lowest BCUT2D eigenvalue weighted by atomic mass is 9.93. The van der Waals surface area contributed by atoms with Crippen molar-refractivity contribution in [3.05, 3.63) is 53.5 Å². The monoisotopic (exact) mass is 322 g/mol. The topological polar surface area (TPSA) is 51.9 Å². The molecular formula is C19H22N4O. The number of aromatic nitrogens is 3. The third kappa shape index (κ3) is 2.50. The maximum absolute atomic E-state index is 12.6. The Balaban J connectivity index is 1.52. The third-order valence-corrected chi connectivity index (χ3v) is 5.06. The molecule has 1 aliphatic carbocycles. The van der Waals surface area contributed by atoms with Gasteiger partial charge in [0, 0.05) is 35.4 Å². The van der Waals surface area contributed by atoms with Crippen molar-refractivity contribution in [3.8, 4) is 0 Å². The van der Waals surface area contributed by atoms with Crippen molar-refractivity contribution in [3.63, 3.8) is 0 Å². The molecule has 5 heteroatoms. The molecule has 1 amide bonds. The number of amides is 1. The Kier molecular flexibility index (Phi) is 3.63. The molecule has 0 aliphatic heterocycles. The minimum absolute atomic E-state index is 0.0516. The van der Waals surface area contributed by atoms with E-state index in [1.807, 2.05) is 34.8 Å². The second-order valence-electron chi connectivity index (χ2n) is 6.63. The number of aryl methyl sites for hydroxylation is 2. The first-order chi connectivity index (χ1) is 11.6. The number of carbonyl (C=O) groups excluding carboxylic acids is 1. The maximum Gasteiger partial charge on any atom is 0.240 e. The molecule has 3 aromatic rings. The summed E-state index contributed by atoms with van der Waals surface area (Å²) >= 11 is 0. The van der Waals surface area contributed by atoms with E-state index in [9.17, 15) is 4.79 Å². The van der Waals surface area contributed by atoms with Crippen molar-refractivity contribution in [1.29, 1.82) is 0 Å². The van der Waals surface area contributed by atoms with Crippen LogP contribution >= 0.6 is 0 Å². The van der Waals surface area contributed by atoms with Gasteiger partial charge in [0.2, 0.25) is 5.91 Å². The Morgan fingerprint density at radius 2 is 2.25 bits per heavy atom. The van der Waals surface area contributed by atoms with Crippen LogP contribution in [0.2, 0.25) is 0 Å². The molecule has 5 nitrogen and oxygen atoms in total.